The van der Waals surface area contributed by atoms with E-state index in [1.165, 1.54) is 33.6 Å². The molecule has 1 saturated carbocycles. The average Bonchev–Trinajstić information content (AvgIpc) is 3.71. The lowest BCUT2D eigenvalue weighted by Crippen LogP contribution is -2.60. The highest BCUT2D eigenvalue weighted by molar-refractivity contribution is 7.14. The summed E-state index contributed by atoms with van der Waals surface area (Å²) in [5.74, 6) is 0.721. The molecule has 1 unspecified atom stereocenters. The van der Waals surface area contributed by atoms with Crippen LogP contribution in [0.3, 0.4) is 0 Å². The van der Waals surface area contributed by atoms with Crippen LogP contribution in [-0.2, 0) is 11.3 Å². The molecule has 3 atom stereocenters. The van der Waals surface area contributed by atoms with E-state index >= 15 is 0 Å². The standard InChI is InChI=1S/C33H38Cl2N4O3S/c1-19-11-27(34)32(28(35)12-19)41-9-10-42-33-37-17-30(43-33)26-13-23-15-36-16-29(38-23)25(26)14-31(40)39(24-7-8-24)18-22-6-4-5-20(2)21(22)3/h4-6,11-13,17,23-25,29,36,38H,7-10,14-16,18H2,1-3H3/t23-,25?,29-/m1/s1. The summed E-state index contributed by atoms with van der Waals surface area (Å²) in [6, 6.07) is 10.8. The molecule has 3 aliphatic rings. The quantitative estimate of drug-likeness (QED) is 0.238. The van der Waals surface area contributed by atoms with E-state index in [-0.39, 0.29) is 30.5 Å². The first kappa shape index (κ1) is 30.4. The molecule has 10 heteroatoms. The molecule has 7 nitrogen and oxygen atoms in total. The van der Waals surface area contributed by atoms with Crippen LogP contribution in [0.1, 0.15) is 46.4 Å². The number of thiazole rings is 1. The number of aromatic nitrogens is 1. The summed E-state index contributed by atoms with van der Waals surface area (Å²) in [4.78, 5) is 21.7. The van der Waals surface area contributed by atoms with Crippen LogP contribution in [0.5, 0.6) is 10.9 Å². The van der Waals surface area contributed by atoms with Crippen molar-refractivity contribution in [3.63, 3.8) is 0 Å². The number of nitrogens with zero attached hydrogens (tertiary/aromatic N) is 2. The predicted molar refractivity (Wildman–Crippen MR) is 173 cm³/mol. The molecule has 3 aromatic rings. The Morgan fingerprint density at radius 1 is 1.09 bits per heavy atom. The van der Waals surface area contributed by atoms with Crippen molar-refractivity contribution in [3.8, 4) is 10.9 Å². The van der Waals surface area contributed by atoms with Gasteiger partial charge in [-0.3, -0.25) is 4.79 Å². The van der Waals surface area contributed by atoms with Gasteiger partial charge in [0, 0.05) is 56.3 Å². The van der Waals surface area contributed by atoms with Gasteiger partial charge in [-0.1, -0.05) is 58.8 Å². The van der Waals surface area contributed by atoms with Gasteiger partial charge in [-0.25, -0.2) is 4.98 Å². The zero-order valence-electron chi connectivity index (χ0n) is 24.8. The monoisotopic (exact) mass is 640 g/mol. The Kier molecular flexibility index (Phi) is 9.31. The van der Waals surface area contributed by atoms with Crippen LogP contribution in [0.4, 0.5) is 0 Å². The number of halogens is 2. The van der Waals surface area contributed by atoms with Crippen LogP contribution in [0.15, 0.2) is 42.6 Å². The van der Waals surface area contributed by atoms with Crippen LogP contribution in [0.25, 0.3) is 5.57 Å². The van der Waals surface area contributed by atoms with Crippen molar-refractivity contribution in [2.45, 2.75) is 64.7 Å². The van der Waals surface area contributed by atoms with Gasteiger partial charge in [0.05, 0.1) is 14.9 Å². The molecule has 2 N–H and O–H groups in total. The Balaban J connectivity index is 1.13. The van der Waals surface area contributed by atoms with Gasteiger partial charge < -0.3 is 25.0 Å². The van der Waals surface area contributed by atoms with Crippen molar-refractivity contribution in [1.29, 1.82) is 0 Å². The first-order chi connectivity index (χ1) is 20.8. The average molecular weight is 642 g/mol. The molecule has 0 spiro atoms. The number of carbonyl (C=O) groups excluding carboxylic acids is 1. The summed E-state index contributed by atoms with van der Waals surface area (Å²) in [5, 5.41) is 8.82. The third-order valence-electron chi connectivity index (χ3n) is 8.65. The molecule has 2 aliphatic heterocycles. The molecule has 1 amide bonds. The Morgan fingerprint density at radius 2 is 1.86 bits per heavy atom. The molecule has 2 fully saturated rings. The molecule has 2 aromatic carbocycles. The summed E-state index contributed by atoms with van der Waals surface area (Å²) in [5.41, 5.74) is 5.93. The van der Waals surface area contributed by atoms with Crippen molar-refractivity contribution in [2.24, 2.45) is 5.92 Å². The highest BCUT2D eigenvalue weighted by Gasteiger charge is 2.40. The number of benzene rings is 2. The van der Waals surface area contributed by atoms with Crippen LogP contribution in [0, 0.1) is 26.7 Å². The molecule has 6 rings (SSSR count). The fraction of sp³-hybridized carbons (Fsp3) is 0.455. The minimum absolute atomic E-state index is 0.0406. The molecule has 2 bridgehead atoms. The zero-order chi connectivity index (χ0) is 30.1. The lowest BCUT2D eigenvalue weighted by Gasteiger charge is -2.41. The predicted octanol–water partition coefficient (Wildman–Crippen LogP) is 6.36. The van der Waals surface area contributed by atoms with E-state index in [9.17, 15) is 4.79 Å². The normalized spacial score (nSPS) is 21.3. The molecule has 1 saturated heterocycles. The number of piperazine rings is 1. The third kappa shape index (κ3) is 7.04. The van der Waals surface area contributed by atoms with E-state index in [1.54, 1.807) is 0 Å². The van der Waals surface area contributed by atoms with Crippen molar-refractivity contribution >= 4 is 46.0 Å². The second-order valence-corrected chi connectivity index (χ2v) is 13.6. The van der Waals surface area contributed by atoms with Crippen LogP contribution in [-0.4, -0.2) is 60.2 Å². The van der Waals surface area contributed by atoms with E-state index in [2.05, 4.69) is 58.6 Å². The van der Waals surface area contributed by atoms with E-state index in [1.807, 2.05) is 25.3 Å². The summed E-state index contributed by atoms with van der Waals surface area (Å²) < 4.78 is 11.7. The van der Waals surface area contributed by atoms with Crippen LogP contribution < -0.4 is 20.1 Å². The van der Waals surface area contributed by atoms with Gasteiger partial charge >= 0.3 is 0 Å². The van der Waals surface area contributed by atoms with E-state index in [0.717, 1.165) is 36.4 Å². The minimum Gasteiger partial charge on any atom is -0.487 e. The number of hydrogen-bond acceptors (Lipinski definition) is 7. The van der Waals surface area contributed by atoms with Crippen LogP contribution in [0.2, 0.25) is 10.0 Å². The molecule has 3 heterocycles. The fourth-order valence-electron chi connectivity index (χ4n) is 6.06. The lowest BCUT2D eigenvalue weighted by atomic mass is 9.81. The minimum atomic E-state index is 0.0406. The first-order valence-corrected chi connectivity index (χ1v) is 16.5. The summed E-state index contributed by atoms with van der Waals surface area (Å²) >= 11 is 14.1. The van der Waals surface area contributed by atoms with E-state index in [4.69, 9.17) is 32.7 Å². The van der Waals surface area contributed by atoms with Gasteiger partial charge in [0.1, 0.15) is 13.2 Å². The molecule has 0 radical (unpaired) electrons. The van der Waals surface area contributed by atoms with Crippen molar-refractivity contribution in [3.05, 3.63) is 79.8 Å². The van der Waals surface area contributed by atoms with E-state index in [0.29, 0.717) is 46.6 Å². The number of carbonyl (C=O) groups is 1. The maximum atomic E-state index is 14.0. The zero-order valence-corrected chi connectivity index (χ0v) is 27.1. The topological polar surface area (TPSA) is 75.7 Å². The fourth-order valence-corrected chi connectivity index (χ4v) is 7.65. The second kappa shape index (κ2) is 13.2. The first-order valence-electron chi connectivity index (χ1n) is 15.0. The van der Waals surface area contributed by atoms with Gasteiger partial charge in [0.25, 0.3) is 5.19 Å². The number of nitrogens with one attached hydrogen (secondary N) is 2. The maximum Gasteiger partial charge on any atom is 0.273 e. The van der Waals surface area contributed by atoms with Crippen molar-refractivity contribution in [2.75, 3.05) is 26.3 Å². The van der Waals surface area contributed by atoms with Crippen LogP contribution >= 0.6 is 34.5 Å². The number of ether oxygens (including phenoxy) is 2. The largest absolute Gasteiger partial charge is 0.487 e. The highest BCUT2D eigenvalue weighted by Crippen LogP contribution is 2.40. The maximum absolute atomic E-state index is 14.0. The summed E-state index contributed by atoms with van der Waals surface area (Å²) in [6.45, 7) is 9.18. The lowest BCUT2D eigenvalue weighted by molar-refractivity contribution is -0.133. The SMILES string of the molecule is Cc1cc(Cl)c(OCCOc2ncc(C3=C[C@@H]4CNC[C@@H](N4)C3CC(=O)N(Cc3cccc(C)c3C)C3CC3)s2)c(Cl)c1. The smallest absolute Gasteiger partial charge is 0.273 e. The molecule has 43 heavy (non-hydrogen) atoms. The number of fused-ring (bicyclic) bond motifs is 2. The Hall–Kier alpha value is -2.62. The molecule has 1 aliphatic carbocycles. The Labute approximate surface area is 267 Å². The number of amides is 1. The van der Waals surface area contributed by atoms with Gasteiger partial charge in [-0.15, -0.1) is 0 Å². The Morgan fingerprint density at radius 3 is 2.63 bits per heavy atom. The van der Waals surface area contributed by atoms with Gasteiger partial charge in [0.2, 0.25) is 5.91 Å². The molecule has 228 valence electrons. The Bertz CT molecular complexity index is 1500. The van der Waals surface area contributed by atoms with Crippen molar-refractivity contribution in [1.82, 2.24) is 20.5 Å². The van der Waals surface area contributed by atoms with Gasteiger partial charge in [0.15, 0.2) is 5.75 Å². The van der Waals surface area contributed by atoms with Gasteiger partial charge in [-0.2, -0.15) is 0 Å². The van der Waals surface area contributed by atoms with Crippen molar-refractivity contribution < 1.29 is 14.3 Å². The number of aryl methyl sites for hydroxylation is 2. The molecular formula is C33H38Cl2N4O3S. The summed E-state index contributed by atoms with van der Waals surface area (Å²) in [6.07, 6.45) is 6.77. The second-order valence-electron chi connectivity index (χ2n) is 11.8. The summed E-state index contributed by atoms with van der Waals surface area (Å²) in [7, 11) is 0. The number of hydrogen-bond donors (Lipinski definition) is 2. The van der Waals surface area contributed by atoms with Gasteiger partial charge in [-0.05, 0) is 73.6 Å². The highest BCUT2D eigenvalue weighted by atomic mass is 35.5. The number of rotatable bonds is 11. The molecular weight excluding hydrogens is 603 g/mol. The molecule has 1 aromatic heterocycles. The van der Waals surface area contributed by atoms with E-state index < -0.39 is 0 Å². The third-order valence-corrected chi connectivity index (χ3v) is 10.2.